The van der Waals surface area contributed by atoms with Gasteiger partial charge >= 0.3 is 0 Å². The Labute approximate surface area is 241 Å². The van der Waals surface area contributed by atoms with Crippen LogP contribution in [0.3, 0.4) is 0 Å². The second-order valence-electron chi connectivity index (χ2n) is 11.5. The molecule has 0 unspecified atom stereocenters. The molecule has 0 radical (unpaired) electrons. The van der Waals surface area contributed by atoms with E-state index in [9.17, 15) is 32.7 Å². The van der Waals surface area contributed by atoms with Crippen molar-refractivity contribution in [1.82, 2.24) is 9.62 Å². The van der Waals surface area contributed by atoms with Crippen molar-refractivity contribution in [2.24, 2.45) is 17.3 Å². The number of carbonyl (C=O) groups is 4. The lowest BCUT2D eigenvalue weighted by Crippen LogP contribution is -2.45. The van der Waals surface area contributed by atoms with Crippen molar-refractivity contribution < 1.29 is 37.4 Å². The van der Waals surface area contributed by atoms with Crippen LogP contribution in [0.2, 0.25) is 0 Å². The Morgan fingerprint density at radius 2 is 1.93 bits per heavy atom. The van der Waals surface area contributed by atoms with Crippen molar-refractivity contribution in [3.8, 4) is 5.75 Å². The molecular formula is C30H40N2O8S. The van der Waals surface area contributed by atoms with Gasteiger partial charge in [-0.05, 0) is 43.7 Å². The summed E-state index contributed by atoms with van der Waals surface area (Å²) in [5, 5.41) is 10.3. The van der Waals surface area contributed by atoms with Crippen LogP contribution in [0, 0.1) is 17.3 Å². The summed E-state index contributed by atoms with van der Waals surface area (Å²) in [4.78, 5) is 53.4. The first kappa shape index (κ1) is 30.9. The van der Waals surface area contributed by atoms with Crippen LogP contribution in [-0.4, -0.2) is 67.1 Å². The fourth-order valence-corrected chi connectivity index (χ4v) is 7.02. The topological polar surface area (TPSA) is 147 Å². The van der Waals surface area contributed by atoms with Crippen LogP contribution in [0.25, 0.3) is 0 Å². The third-order valence-electron chi connectivity index (χ3n) is 8.46. The molecule has 0 bridgehead atoms. The van der Waals surface area contributed by atoms with Crippen LogP contribution in [0.15, 0.2) is 41.3 Å². The number of nitrogens with one attached hydrogen (secondary N) is 1. The molecule has 3 aliphatic rings. The van der Waals surface area contributed by atoms with Gasteiger partial charge in [-0.1, -0.05) is 51.0 Å². The quantitative estimate of drug-likeness (QED) is 0.462. The second-order valence-corrected chi connectivity index (χ2v) is 13.2. The van der Waals surface area contributed by atoms with E-state index in [1.165, 1.54) is 23.1 Å². The van der Waals surface area contributed by atoms with E-state index in [1.807, 2.05) is 19.1 Å². The molecule has 2 N–H and O–H groups in total. The number of hydrogen-bond donors (Lipinski definition) is 2. The lowest BCUT2D eigenvalue weighted by molar-refractivity contribution is -0.141. The zero-order chi connectivity index (χ0) is 29.8. The number of aliphatic hydroxyl groups is 1. The number of nitrogens with zero attached hydrogens (tertiary/aromatic N) is 1. The number of Topliss-reactive ketones (excluding diaryl/α,β-unsaturated/α-hetero) is 2. The third-order valence-corrected chi connectivity index (χ3v) is 9.83. The van der Waals surface area contributed by atoms with Crippen LogP contribution in [0.5, 0.6) is 5.75 Å². The van der Waals surface area contributed by atoms with E-state index in [0.717, 1.165) is 25.7 Å². The van der Waals surface area contributed by atoms with Gasteiger partial charge in [0, 0.05) is 31.7 Å². The van der Waals surface area contributed by atoms with Crippen LogP contribution in [0.4, 0.5) is 0 Å². The predicted molar refractivity (Wildman–Crippen MR) is 150 cm³/mol. The summed E-state index contributed by atoms with van der Waals surface area (Å²) in [5.74, 6) is -2.23. The molecule has 1 aromatic carbocycles. The Morgan fingerprint density at radius 1 is 1.17 bits per heavy atom. The Balaban J connectivity index is 1.59. The smallest absolute Gasteiger partial charge is 0.267 e. The maximum atomic E-state index is 13.7. The molecule has 1 aromatic rings. The Bertz CT molecular complexity index is 1310. The Morgan fingerprint density at radius 3 is 2.68 bits per heavy atom. The first-order valence-corrected chi connectivity index (χ1v) is 16.0. The maximum Gasteiger partial charge on any atom is 0.267 e. The van der Waals surface area contributed by atoms with E-state index in [-0.39, 0.29) is 72.4 Å². The van der Waals surface area contributed by atoms with Gasteiger partial charge in [-0.3, -0.25) is 19.2 Å². The largest absolute Gasteiger partial charge is 0.484 e. The molecule has 0 spiro atoms. The van der Waals surface area contributed by atoms with Crippen molar-refractivity contribution in [3.05, 3.63) is 36.4 Å². The molecule has 10 nitrogen and oxygen atoms in total. The number of benzene rings is 1. The van der Waals surface area contributed by atoms with Gasteiger partial charge in [0.2, 0.25) is 11.8 Å². The summed E-state index contributed by atoms with van der Waals surface area (Å²) >= 11 is 0. The third kappa shape index (κ3) is 7.06. The number of aliphatic hydroxyl groups excluding tert-OH is 1. The van der Waals surface area contributed by atoms with E-state index in [0.29, 0.717) is 12.8 Å². The second kappa shape index (κ2) is 12.9. The molecule has 41 heavy (non-hydrogen) atoms. The predicted octanol–water partition coefficient (Wildman–Crippen LogP) is 2.93. The minimum absolute atomic E-state index is 0.0549. The van der Waals surface area contributed by atoms with Crippen molar-refractivity contribution in [2.75, 3.05) is 13.2 Å². The number of rotatable bonds is 7. The molecule has 2 amide bonds. The summed E-state index contributed by atoms with van der Waals surface area (Å²) < 4.78 is 34.4. The highest BCUT2D eigenvalue weighted by Crippen LogP contribution is 2.57. The number of carbonyl (C=O) groups excluding carboxylic acids is 4. The first-order valence-electron chi connectivity index (χ1n) is 14.5. The molecule has 4 rings (SSSR count). The molecular weight excluding hydrogens is 548 g/mol. The van der Waals surface area contributed by atoms with Crippen molar-refractivity contribution in [3.63, 3.8) is 0 Å². The molecule has 224 valence electrons. The minimum atomic E-state index is -4.41. The SMILES string of the molecule is CCC(=O)COc1ccccc1S(=O)(=O)NC(=O)[C@]12CC(=O)[C@@H]3C[C@@H](O)CN3C(=O)[C@@H](C)CCCCC/C=C\[C@H]1C2. The molecule has 0 aromatic heterocycles. The van der Waals surface area contributed by atoms with Gasteiger partial charge in [-0.25, -0.2) is 13.1 Å². The molecule has 1 saturated heterocycles. The molecule has 5 atom stereocenters. The van der Waals surface area contributed by atoms with Crippen molar-refractivity contribution >= 4 is 33.4 Å². The van der Waals surface area contributed by atoms with Gasteiger partial charge in [0.15, 0.2) is 11.6 Å². The summed E-state index contributed by atoms with van der Waals surface area (Å²) in [5.41, 5.74) is -1.29. The Kier molecular flexibility index (Phi) is 9.69. The van der Waals surface area contributed by atoms with E-state index >= 15 is 0 Å². The van der Waals surface area contributed by atoms with Gasteiger partial charge < -0.3 is 14.7 Å². The molecule has 1 saturated carbocycles. The van der Waals surface area contributed by atoms with Crippen molar-refractivity contribution in [1.29, 1.82) is 0 Å². The first-order chi connectivity index (χ1) is 19.5. The number of para-hydroxylation sites is 1. The number of fused-ring (bicyclic) bond motifs is 2. The van der Waals surface area contributed by atoms with E-state index in [1.54, 1.807) is 13.0 Å². The van der Waals surface area contributed by atoms with E-state index < -0.39 is 33.5 Å². The van der Waals surface area contributed by atoms with Gasteiger partial charge in [-0.2, -0.15) is 0 Å². The summed E-state index contributed by atoms with van der Waals surface area (Å²) in [6.45, 7) is 3.27. The van der Waals surface area contributed by atoms with E-state index in [4.69, 9.17) is 4.74 Å². The normalized spacial score (nSPS) is 29.9. The van der Waals surface area contributed by atoms with Gasteiger partial charge in [-0.15, -0.1) is 0 Å². The summed E-state index contributed by atoms with van der Waals surface area (Å²) in [6, 6.07) is 4.89. The highest BCUT2D eigenvalue weighted by molar-refractivity contribution is 7.90. The number of sulfonamides is 1. The van der Waals surface area contributed by atoms with Gasteiger partial charge in [0.1, 0.15) is 17.3 Å². The summed E-state index contributed by atoms with van der Waals surface area (Å²) in [7, 11) is -4.41. The number of hydrogen-bond acceptors (Lipinski definition) is 8. The average molecular weight is 589 g/mol. The maximum absolute atomic E-state index is 13.7. The average Bonchev–Trinajstić information content (AvgIpc) is 3.50. The number of ketones is 2. The van der Waals surface area contributed by atoms with Crippen LogP contribution < -0.4 is 9.46 Å². The lowest BCUT2D eigenvalue weighted by atomic mass is 9.91. The van der Waals surface area contributed by atoms with Crippen LogP contribution >= 0.6 is 0 Å². The van der Waals surface area contributed by atoms with Crippen LogP contribution in [-0.2, 0) is 29.2 Å². The fourth-order valence-electron chi connectivity index (χ4n) is 5.81. The number of amides is 2. The summed E-state index contributed by atoms with van der Waals surface area (Å²) in [6.07, 6.45) is 7.61. The zero-order valence-electron chi connectivity index (χ0n) is 23.7. The van der Waals surface area contributed by atoms with E-state index in [2.05, 4.69) is 4.72 Å². The lowest BCUT2D eigenvalue weighted by Gasteiger charge is -2.27. The molecule has 11 heteroatoms. The molecule has 2 aliphatic heterocycles. The molecule has 1 aliphatic carbocycles. The number of allylic oxidation sites excluding steroid dienone is 2. The molecule has 2 heterocycles. The Hall–Kier alpha value is -3.05. The van der Waals surface area contributed by atoms with Gasteiger partial charge in [0.05, 0.1) is 17.6 Å². The molecule has 2 fully saturated rings. The standard InChI is InChI=1S/C30H40N2O8S/c1-3-22(33)19-40-26-13-9-10-14-27(26)41(38,39)31-29(37)30-16-21(30)12-8-6-4-5-7-11-20(2)28(36)32-18-23(34)15-24(32)25(35)17-30/h8-10,12-14,20-21,23-24,34H,3-7,11,15-19H2,1-2H3,(H,31,37)/b12-8-/t20-,21-,23+,24-,30+/m0/s1. The minimum Gasteiger partial charge on any atom is -0.484 e. The monoisotopic (exact) mass is 588 g/mol. The van der Waals surface area contributed by atoms with Crippen molar-refractivity contribution in [2.45, 2.75) is 88.7 Å². The van der Waals surface area contributed by atoms with Crippen LogP contribution in [0.1, 0.15) is 71.6 Å². The highest BCUT2D eigenvalue weighted by Gasteiger charge is 2.61. The number of ether oxygens (including phenoxy) is 1. The fraction of sp³-hybridized carbons (Fsp3) is 0.600. The zero-order valence-corrected chi connectivity index (χ0v) is 24.5. The highest BCUT2D eigenvalue weighted by atomic mass is 32.2. The van der Waals surface area contributed by atoms with Gasteiger partial charge in [0.25, 0.3) is 10.0 Å².